The van der Waals surface area contributed by atoms with Crippen LogP contribution in [0.1, 0.15) is 38.4 Å². The summed E-state index contributed by atoms with van der Waals surface area (Å²) >= 11 is 6.26. The van der Waals surface area contributed by atoms with Crippen molar-refractivity contribution in [2.75, 3.05) is 0 Å². The zero-order chi connectivity index (χ0) is 29.5. The first kappa shape index (κ1) is 28.0. The molecule has 41 heavy (non-hydrogen) atoms. The normalized spacial score (nSPS) is 12.2. The third kappa shape index (κ3) is 5.45. The lowest BCUT2D eigenvalue weighted by Crippen LogP contribution is -2.15. The molecule has 16 heteroatoms. The Labute approximate surface area is 230 Å². The van der Waals surface area contributed by atoms with Gasteiger partial charge in [-0.1, -0.05) is 34.1 Å². The summed E-state index contributed by atoms with van der Waals surface area (Å²) in [6.45, 7) is -1.34. The largest absolute Gasteiger partial charge is 0.416 e. The minimum absolute atomic E-state index is 0.00906. The van der Waals surface area contributed by atoms with E-state index in [1.807, 2.05) is 0 Å². The molecule has 0 aliphatic heterocycles. The van der Waals surface area contributed by atoms with Crippen LogP contribution in [-0.4, -0.2) is 40.6 Å². The number of benzene rings is 2. The Hall–Kier alpha value is -4.50. The summed E-state index contributed by atoms with van der Waals surface area (Å²) in [6, 6.07) is 7.44. The highest BCUT2D eigenvalue weighted by Gasteiger charge is 2.37. The van der Waals surface area contributed by atoms with Crippen molar-refractivity contribution < 1.29 is 40.8 Å². The first-order chi connectivity index (χ1) is 19.4. The summed E-state index contributed by atoms with van der Waals surface area (Å²) in [7, 11) is 0. The number of aliphatic hydroxyl groups is 1. The van der Waals surface area contributed by atoms with Crippen molar-refractivity contribution in [2.24, 2.45) is 0 Å². The number of ketones is 1. The van der Waals surface area contributed by atoms with Crippen molar-refractivity contribution in [2.45, 2.75) is 25.5 Å². The molecule has 0 aliphatic carbocycles. The average molecular weight is 597 g/mol. The van der Waals surface area contributed by atoms with E-state index in [0.717, 1.165) is 4.68 Å². The number of imidazole rings is 1. The molecule has 2 aromatic carbocycles. The highest BCUT2D eigenvalue weighted by molar-refractivity contribution is 6.33. The van der Waals surface area contributed by atoms with Crippen LogP contribution in [0.4, 0.5) is 26.3 Å². The summed E-state index contributed by atoms with van der Waals surface area (Å²) < 4.78 is 88.0. The number of hydrogen-bond donors (Lipinski definition) is 1. The number of carbonyl (C=O) groups excluding carboxylic acids is 1. The van der Waals surface area contributed by atoms with Crippen molar-refractivity contribution in [1.29, 1.82) is 0 Å². The summed E-state index contributed by atoms with van der Waals surface area (Å²) in [5.74, 6) is -1.09. The minimum atomic E-state index is -5.06. The number of halogens is 7. The molecule has 5 rings (SSSR count). The fourth-order valence-corrected chi connectivity index (χ4v) is 4.32. The lowest BCUT2D eigenvalue weighted by atomic mass is 10.0. The Morgan fingerprint density at radius 2 is 1.71 bits per heavy atom. The van der Waals surface area contributed by atoms with E-state index in [2.05, 4.69) is 20.5 Å². The van der Waals surface area contributed by atoms with Gasteiger partial charge < -0.3 is 9.63 Å². The molecule has 0 atom stereocenters. The maximum absolute atomic E-state index is 13.8. The molecule has 0 fully saturated rings. The van der Waals surface area contributed by atoms with Crippen LogP contribution in [0.2, 0.25) is 5.02 Å². The number of alkyl halides is 6. The first-order valence-electron chi connectivity index (χ1n) is 11.5. The van der Waals surface area contributed by atoms with Crippen LogP contribution in [0.15, 0.2) is 65.7 Å². The fourth-order valence-electron chi connectivity index (χ4n) is 4.10. The Morgan fingerprint density at radius 1 is 1.02 bits per heavy atom. The lowest BCUT2D eigenvalue weighted by Gasteiger charge is -2.15. The molecule has 3 heterocycles. The topological polar surface area (TPSA) is 112 Å². The zero-order valence-corrected chi connectivity index (χ0v) is 21.0. The smallest absolute Gasteiger partial charge is 0.390 e. The Balaban J connectivity index is 1.64. The molecule has 0 unspecified atom stereocenters. The fraction of sp³-hybridized carbons (Fsp3) is 0.160. The second-order valence-corrected chi connectivity index (χ2v) is 9.01. The van der Waals surface area contributed by atoms with Crippen LogP contribution in [0.25, 0.3) is 17.1 Å². The second kappa shape index (κ2) is 10.5. The standard InChI is InChI=1S/C25H15ClF6N6O3/c26-17-4-2-1-3-16(17)22-19(18(11-39)35-41-22)21(40)20-23(37-6-5-33-12-37)38(36-34-20)10-13-7-14(24(27,28)29)9-15(8-13)25(30,31)32/h1-9,12,39H,10-11H2. The Bertz CT molecular complexity index is 1690. The molecule has 1 N–H and O–H groups in total. The molecule has 212 valence electrons. The molecule has 0 radical (unpaired) electrons. The van der Waals surface area contributed by atoms with Gasteiger partial charge in [0.1, 0.15) is 12.0 Å². The van der Waals surface area contributed by atoms with E-state index >= 15 is 0 Å². The van der Waals surface area contributed by atoms with Crippen LogP contribution in [0.5, 0.6) is 0 Å². The summed E-state index contributed by atoms with van der Waals surface area (Å²) in [6.07, 6.45) is -6.19. The van der Waals surface area contributed by atoms with E-state index in [1.54, 1.807) is 18.2 Å². The summed E-state index contributed by atoms with van der Waals surface area (Å²) in [5, 5.41) is 21.5. The first-order valence-corrected chi connectivity index (χ1v) is 11.9. The Kier molecular flexibility index (Phi) is 7.17. The molecule has 0 saturated heterocycles. The van der Waals surface area contributed by atoms with E-state index in [4.69, 9.17) is 16.1 Å². The molecule has 0 saturated carbocycles. The predicted octanol–water partition coefficient (Wildman–Crippen LogP) is 5.58. The lowest BCUT2D eigenvalue weighted by molar-refractivity contribution is -0.143. The maximum Gasteiger partial charge on any atom is 0.416 e. The summed E-state index contributed by atoms with van der Waals surface area (Å²) in [5.41, 5.74) is -3.91. The van der Waals surface area contributed by atoms with Gasteiger partial charge in [0.15, 0.2) is 17.3 Å². The van der Waals surface area contributed by atoms with Gasteiger partial charge in [0.2, 0.25) is 5.78 Å². The molecule has 9 nitrogen and oxygen atoms in total. The van der Waals surface area contributed by atoms with Gasteiger partial charge >= 0.3 is 12.4 Å². The number of aromatic nitrogens is 6. The van der Waals surface area contributed by atoms with Gasteiger partial charge in [0.05, 0.1) is 34.9 Å². The molecule has 0 spiro atoms. The van der Waals surface area contributed by atoms with Gasteiger partial charge in [-0.05, 0) is 35.9 Å². The number of nitrogens with zero attached hydrogens (tertiary/aromatic N) is 6. The van der Waals surface area contributed by atoms with Crippen LogP contribution in [0, 0.1) is 0 Å². The number of rotatable bonds is 7. The van der Waals surface area contributed by atoms with E-state index in [-0.39, 0.29) is 45.2 Å². The van der Waals surface area contributed by atoms with E-state index in [1.165, 1.54) is 29.4 Å². The van der Waals surface area contributed by atoms with Gasteiger partial charge in [0.25, 0.3) is 0 Å². The van der Waals surface area contributed by atoms with Crippen LogP contribution in [0.3, 0.4) is 0 Å². The van der Waals surface area contributed by atoms with Gasteiger partial charge in [-0.15, -0.1) is 5.10 Å². The van der Waals surface area contributed by atoms with Gasteiger partial charge in [-0.3, -0.25) is 9.36 Å². The van der Waals surface area contributed by atoms with Crippen molar-refractivity contribution in [3.8, 4) is 17.1 Å². The zero-order valence-electron chi connectivity index (χ0n) is 20.3. The number of carbonyl (C=O) groups is 1. The number of aliphatic hydroxyl groups excluding tert-OH is 1. The molecule has 5 aromatic rings. The van der Waals surface area contributed by atoms with E-state index < -0.39 is 48.0 Å². The van der Waals surface area contributed by atoms with Crippen LogP contribution >= 0.6 is 11.6 Å². The van der Waals surface area contributed by atoms with Gasteiger partial charge in [0, 0.05) is 18.0 Å². The van der Waals surface area contributed by atoms with Crippen molar-refractivity contribution in [3.05, 3.63) is 99.8 Å². The predicted molar refractivity (Wildman–Crippen MR) is 129 cm³/mol. The number of hydrogen-bond acceptors (Lipinski definition) is 7. The van der Waals surface area contributed by atoms with E-state index in [9.17, 15) is 36.2 Å². The minimum Gasteiger partial charge on any atom is -0.390 e. The van der Waals surface area contributed by atoms with Crippen molar-refractivity contribution in [1.82, 2.24) is 29.7 Å². The average Bonchev–Trinajstić information content (AvgIpc) is 3.67. The Morgan fingerprint density at radius 3 is 2.29 bits per heavy atom. The van der Waals surface area contributed by atoms with Gasteiger partial charge in [-0.2, -0.15) is 26.3 Å². The van der Waals surface area contributed by atoms with Gasteiger partial charge in [-0.25, -0.2) is 9.67 Å². The van der Waals surface area contributed by atoms with Crippen molar-refractivity contribution >= 4 is 17.4 Å². The monoisotopic (exact) mass is 596 g/mol. The molecule has 0 bridgehead atoms. The summed E-state index contributed by atoms with van der Waals surface area (Å²) in [4.78, 5) is 17.7. The molecular weight excluding hydrogens is 582 g/mol. The third-order valence-electron chi connectivity index (χ3n) is 5.91. The molecule has 3 aromatic heterocycles. The van der Waals surface area contributed by atoms with Crippen LogP contribution < -0.4 is 0 Å². The maximum atomic E-state index is 13.8. The molecular formula is C25H15ClF6N6O3. The third-order valence-corrected chi connectivity index (χ3v) is 6.24. The van der Waals surface area contributed by atoms with E-state index in [0.29, 0.717) is 12.1 Å². The quantitative estimate of drug-likeness (QED) is 0.193. The molecule has 0 amide bonds. The second-order valence-electron chi connectivity index (χ2n) is 8.60. The van der Waals surface area contributed by atoms with Crippen molar-refractivity contribution in [3.63, 3.8) is 0 Å². The highest BCUT2D eigenvalue weighted by atomic mass is 35.5. The molecule has 0 aliphatic rings. The SMILES string of the molecule is O=C(c1nnn(Cc2cc(C(F)(F)F)cc(C(F)(F)F)c2)c1-n1ccnc1)c1c(CO)noc1-c1ccccc1Cl. The highest BCUT2D eigenvalue weighted by Crippen LogP contribution is 2.37. The van der Waals surface area contributed by atoms with Crippen LogP contribution in [-0.2, 0) is 25.5 Å².